The number of carbonyl (C=O) groups is 2. The molecule has 2 atom stereocenters. The maximum Gasteiger partial charge on any atom is 0.417 e. The standard InChI is InChI=1S/C20H19NO4/c1-14(18(22)16-10-6-3-7-11-16)19(23)21-17(13-25-20(21)24)12-15-8-4-2-5-9-15/h2-11,17-18,22H,1,12-13H2/t17-,18-/m0/s1. The Balaban J connectivity index is 1.76. The van der Waals surface area contributed by atoms with E-state index in [1.54, 1.807) is 24.3 Å². The maximum absolute atomic E-state index is 12.7. The number of aliphatic hydroxyl groups is 1. The van der Waals surface area contributed by atoms with Crippen molar-refractivity contribution in [3.63, 3.8) is 0 Å². The summed E-state index contributed by atoms with van der Waals surface area (Å²) in [6.07, 6.45) is -1.38. The third-order valence-corrected chi connectivity index (χ3v) is 4.21. The van der Waals surface area contributed by atoms with Gasteiger partial charge >= 0.3 is 6.09 Å². The Morgan fingerprint density at radius 1 is 1.16 bits per heavy atom. The van der Waals surface area contributed by atoms with Crippen molar-refractivity contribution in [2.45, 2.75) is 18.6 Å². The van der Waals surface area contributed by atoms with Crippen LogP contribution in [0.2, 0.25) is 0 Å². The number of benzene rings is 2. The lowest BCUT2D eigenvalue weighted by Gasteiger charge is -2.22. The summed E-state index contributed by atoms with van der Waals surface area (Å²) in [7, 11) is 0. The van der Waals surface area contributed by atoms with Crippen LogP contribution in [-0.4, -0.2) is 34.7 Å². The lowest BCUT2D eigenvalue weighted by Crippen LogP contribution is -2.41. The molecule has 25 heavy (non-hydrogen) atoms. The van der Waals surface area contributed by atoms with Gasteiger partial charge in [-0.25, -0.2) is 9.69 Å². The first-order valence-corrected chi connectivity index (χ1v) is 8.04. The number of amides is 2. The first kappa shape index (κ1) is 16.9. The molecule has 2 aromatic rings. The molecule has 5 heteroatoms. The van der Waals surface area contributed by atoms with Crippen molar-refractivity contribution in [1.82, 2.24) is 4.90 Å². The summed E-state index contributed by atoms with van der Waals surface area (Å²) >= 11 is 0. The van der Waals surface area contributed by atoms with Crippen LogP contribution in [0.3, 0.4) is 0 Å². The Morgan fingerprint density at radius 3 is 2.40 bits per heavy atom. The van der Waals surface area contributed by atoms with Gasteiger partial charge in [0.05, 0.1) is 6.04 Å². The highest BCUT2D eigenvalue weighted by Crippen LogP contribution is 2.25. The van der Waals surface area contributed by atoms with Crippen molar-refractivity contribution in [1.29, 1.82) is 0 Å². The van der Waals surface area contributed by atoms with Crippen LogP contribution in [-0.2, 0) is 16.0 Å². The summed E-state index contributed by atoms with van der Waals surface area (Å²) in [5, 5.41) is 10.4. The van der Waals surface area contributed by atoms with E-state index >= 15 is 0 Å². The van der Waals surface area contributed by atoms with Crippen molar-refractivity contribution < 1.29 is 19.4 Å². The van der Waals surface area contributed by atoms with Gasteiger partial charge < -0.3 is 9.84 Å². The van der Waals surface area contributed by atoms with Gasteiger partial charge in [-0.3, -0.25) is 4.79 Å². The molecule has 1 fully saturated rings. The molecule has 3 rings (SSSR count). The molecule has 0 unspecified atom stereocenters. The fourth-order valence-corrected chi connectivity index (χ4v) is 2.85. The van der Waals surface area contributed by atoms with E-state index in [0.29, 0.717) is 12.0 Å². The maximum atomic E-state index is 12.7. The number of ether oxygens (including phenoxy) is 1. The molecule has 0 bridgehead atoms. The number of rotatable bonds is 5. The van der Waals surface area contributed by atoms with Crippen molar-refractivity contribution in [2.75, 3.05) is 6.61 Å². The molecule has 5 nitrogen and oxygen atoms in total. The van der Waals surface area contributed by atoms with E-state index in [9.17, 15) is 14.7 Å². The van der Waals surface area contributed by atoms with Crippen molar-refractivity contribution in [2.24, 2.45) is 0 Å². The molecule has 0 spiro atoms. The molecule has 0 aromatic heterocycles. The quantitative estimate of drug-likeness (QED) is 0.852. The second-order valence-electron chi connectivity index (χ2n) is 5.93. The molecule has 2 aromatic carbocycles. The van der Waals surface area contributed by atoms with Crippen LogP contribution >= 0.6 is 0 Å². The van der Waals surface area contributed by atoms with Gasteiger partial charge in [0.25, 0.3) is 5.91 Å². The monoisotopic (exact) mass is 337 g/mol. The minimum atomic E-state index is -1.17. The van der Waals surface area contributed by atoms with Gasteiger partial charge in [-0.15, -0.1) is 0 Å². The zero-order valence-electron chi connectivity index (χ0n) is 13.7. The number of cyclic esters (lactones) is 1. The molecule has 1 aliphatic heterocycles. The van der Waals surface area contributed by atoms with E-state index in [1.807, 2.05) is 36.4 Å². The fraction of sp³-hybridized carbons (Fsp3) is 0.200. The van der Waals surface area contributed by atoms with Gasteiger partial charge in [0.2, 0.25) is 0 Å². The Hall–Kier alpha value is -2.92. The predicted molar refractivity (Wildman–Crippen MR) is 92.7 cm³/mol. The highest BCUT2D eigenvalue weighted by molar-refractivity contribution is 6.03. The molecule has 1 aliphatic rings. The number of hydrogen-bond acceptors (Lipinski definition) is 4. The average molecular weight is 337 g/mol. The van der Waals surface area contributed by atoms with Crippen molar-refractivity contribution in [3.8, 4) is 0 Å². The van der Waals surface area contributed by atoms with Gasteiger partial charge in [0, 0.05) is 5.57 Å². The molecule has 0 saturated carbocycles. The minimum absolute atomic E-state index is 0.0527. The zero-order valence-corrected chi connectivity index (χ0v) is 13.7. The molecule has 1 saturated heterocycles. The molecule has 0 radical (unpaired) electrons. The summed E-state index contributed by atoms with van der Waals surface area (Å²) in [6.45, 7) is 3.84. The van der Waals surface area contributed by atoms with E-state index in [0.717, 1.165) is 10.5 Å². The fourth-order valence-electron chi connectivity index (χ4n) is 2.85. The summed E-state index contributed by atoms with van der Waals surface area (Å²) in [6, 6.07) is 17.9. The SMILES string of the molecule is C=C(C(=O)N1C(=O)OC[C@@H]1Cc1ccccc1)[C@H](O)c1ccccc1. The molecule has 0 aliphatic carbocycles. The van der Waals surface area contributed by atoms with Gasteiger partial charge in [0.15, 0.2) is 0 Å². The van der Waals surface area contributed by atoms with E-state index in [4.69, 9.17) is 4.74 Å². The second-order valence-corrected chi connectivity index (χ2v) is 5.93. The number of aliphatic hydroxyl groups excluding tert-OH is 1. The number of carbonyl (C=O) groups excluding carboxylic acids is 2. The van der Waals surface area contributed by atoms with E-state index in [2.05, 4.69) is 6.58 Å². The summed E-state index contributed by atoms with van der Waals surface area (Å²) < 4.78 is 5.05. The highest BCUT2D eigenvalue weighted by Gasteiger charge is 2.40. The van der Waals surface area contributed by atoms with Gasteiger partial charge in [-0.05, 0) is 17.5 Å². The average Bonchev–Trinajstić information content (AvgIpc) is 3.01. The van der Waals surface area contributed by atoms with E-state index in [1.165, 1.54) is 0 Å². The van der Waals surface area contributed by atoms with E-state index < -0.39 is 24.1 Å². The molecule has 2 amide bonds. The first-order valence-electron chi connectivity index (χ1n) is 8.04. The Bertz CT molecular complexity index is 773. The largest absolute Gasteiger partial charge is 0.447 e. The molecular formula is C20H19NO4. The Morgan fingerprint density at radius 2 is 1.76 bits per heavy atom. The van der Waals surface area contributed by atoms with Crippen LogP contribution < -0.4 is 0 Å². The van der Waals surface area contributed by atoms with Crippen LogP contribution in [0.1, 0.15) is 17.2 Å². The minimum Gasteiger partial charge on any atom is -0.447 e. The van der Waals surface area contributed by atoms with Crippen LogP contribution in [0.25, 0.3) is 0 Å². The smallest absolute Gasteiger partial charge is 0.417 e. The lowest BCUT2D eigenvalue weighted by molar-refractivity contribution is -0.126. The third kappa shape index (κ3) is 3.61. The predicted octanol–water partition coefficient (Wildman–Crippen LogP) is 2.87. The Kier molecular flexibility index (Phi) is 4.95. The summed E-state index contributed by atoms with van der Waals surface area (Å²) in [5.74, 6) is -0.611. The topological polar surface area (TPSA) is 66.8 Å². The van der Waals surface area contributed by atoms with Gasteiger partial charge in [-0.2, -0.15) is 0 Å². The third-order valence-electron chi connectivity index (χ3n) is 4.21. The molecular weight excluding hydrogens is 318 g/mol. The lowest BCUT2D eigenvalue weighted by atomic mass is 10.0. The van der Waals surface area contributed by atoms with Gasteiger partial charge in [-0.1, -0.05) is 67.2 Å². The number of imide groups is 1. The zero-order chi connectivity index (χ0) is 17.8. The Labute approximate surface area is 146 Å². The second kappa shape index (κ2) is 7.32. The van der Waals surface area contributed by atoms with Crippen LogP contribution in [0.15, 0.2) is 72.8 Å². The summed E-state index contributed by atoms with van der Waals surface area (Å²) in [5.41, 5.74) is 1.49. The molecule has 1 heterocycles. The summed E-state index contributed by atoms with van der Waals surface area (Å²) in [4.78, 5) is 25.8. The van der Waals surface area contributed by atoms with Crippen molar-refractivity contribution in [3.05, 3.63) is 83.9 Å². The first-order chi connectivity index (χ1) is 12.1. The number of nitrogens with zero attached hydrogens (tertiary/aromatic N) is 1. The normalized spacial score (nSPS) is 17.9. The van der Waals surface area contributed by atoms with Crippen LogP contribution in [0, 0.1) is 0 Å². The van der Waals surface area contributed by atoms with Crippen molar-refractivity contribution >= 4 is 12.0 Å². The molecule has 128 valence electrons. The van der Waals surface area contributed by atoms with Crippen LogP contribution in [0.4, 0.5) is 4.79 Å². The number of hydrogen-bond donors (Lipinski definition) is 1. The molecule has 1 N–H and O–H groups in total. The van der Waals surface area contributed by atoms with Crippen LogP contribution in [0.5, 0.6) is 0 Å². The van der Waals surface area contributed by atoms with E-state index in [-0.39, 0.29) is 12.2 Å². The highest BCUT2D eigenvalue weighted by atomic mass is 16.6. The van der Waals surface area contributed by atoms with Gasteiger partial charge in [0.1, 0.15) is 12.7 Å².